The van der Waals surface area contributed by atoms with Gasteiger partial charge in [0.05, 0.1) is 17.1 Å². The predicted molar refractivity (Wildman–Crippen MR) is 77.0 cm³/mol. The summed E-state index contributed by atoms with van der Waals surface area (Å²) in [6.45, 7) is 8.49. The summed E-state index contributed by atoms with van der Waals surface area (Å²) in [5, 5.41) is 4.68. The molecular formula is C15H19ClN2. The summed E-state index contributed by atoms with van der Waals surface area (Å²) < 4.78 is 1.99. The molecule has 0 radical (unpaired) electrons. The van der Waals surface area contributed by atoms with Crippen LogP contribution in [0.3, 0.4) is 0 Å². The van der Waals surface area contributed by atoms with Crippen LogP contribution in [0.2, 0.25) is 0 Å². The molecule has 0 N–H and O–H groups in total. The number of nitrogens with zero attached hydrogens (tertiary/aromatic N) is 2. The Kier molecular flexibility index (Phi) is 3.49. The molecule has 0 saturated carbocycles. The summed E-state index contributed by atoms with van der Waals surface area (Å²) in [5.41, 5.74) is 4.42. The summed E-state index contributed by atoms with van der Waals surface area (Å²) in [5.74, 6) is 0.485. The predicted octanol–water partition coefficient (Wildman–Crippen LogP) is 4.35. The second-order valence-electron chi connectivity index (χ2n) is 5.62. The van der Waals surface area contributed by atoms with Crippen LogP contribution in [0.15, 0.2) is 30.5 Å². The molecule has 2 aromatic rings. The lowest BCUT2D eigenvalue weighted by atomic mass is 10.1. The van der Waals surface area contributed by atoms with Gasteiger partial charge in [0.1, 0.15) is 0 Å². The highest BCUT2D eigenvalue weighted by atomic mass is 35.5. The first-order valence-electron chi connectivity index (χ1n) is 6.14. The first-order valence-corrected chi connectivity index (χ1v) is 6.67. The van der Waals surface area contributed by atoms with Crippen molar-refractivity contribution in [1.82, 2.24) is 9.78 Å². The van der Waals surface area contributed by atoms with Crippen LogP contribution >= 0.6 is 11.6 Å². The molecule has 0 spiro atoms. The zero-order chi connectivity index (χ0) is 13.3. The van der Waals surface area contributed by atoms with E-state index in [2.05, 4.69) is 57.1 Å². The van der Waals surface area contributed by atoms with Gasteiger partial charge in [-0.05, 0) is 27.7 Å². The fourth-order valence-electron chi connectivity index (χ4n) is 1.81. The van der Waals surface area contributed by atoms with Gasteiger partial charge in [0, 0.05) is 17.3 Å². The van der Waals surface area contributed by atoms with Gasteiger partial charge in [-0.2, -0.15) is 5.10 Å². The van der Waals surface area contributed by atoms with E-state index in [1.54, 1.807) is 0 Å². The SMILES string of the molecule is Cc1ccc(-c2nn(C(C)(C)C)cc2CCl)cc1. The second kappa shape index (κ2) is 4.77. The molecular weight excluding hydrogens is 244 g/mol. The Labute approximate surface area is 114 Å². The number of alkyl halides is 1. The van der Waals surface area contributed by atoms with E-state index in [0.29, 0.717) is 5.88 Å². The molecule has 3 heteroatoms. The Morgan fingerprint density at radius 1 is 1.17 bits per heavy atom. The zero-order valence-corrected chi connectivity index (χ0v) is 12.1. The molecule has 0 amide bonds. The van der Waals surface area contributed by atoms with Crippen LogP contribution in [-0.4, -0.2) is 9.78 Å². The van der Waals surface area contributed by atoms with Gasteiger partial charge in [-0.15, -0.1) is 11.6 Å². The van der Waals surface area contributed by atoms with Crippen molar-refractivity contribution in [2.45, 2.75) is 39.1 Å². The molecule has 0 aliphatic heterocycles. The first kappa shape index (κ1) is 13.2. The zero-order valence-electron chi connectivity index (χ0n) is 11.4. The largest absolute Gasteiger partial charge is 0.267 e. The van der Waals surface area contributed by atoms with Crippen molar-refractivity contribution in [2.24, 2.45) is 0 Å². The highest BCUT2D eigenvalue weighted by Gasteiger charge is 2.18. The number of rotatable bonds is 2. The summed E-state index contributed by atoms with van der Waals surface area (Å²) in [4.78, 5) is 0. The Hall–Kier alpha value is -1.28. The molecule has 0 bridgehead atoms. The number of benzene rings is 1. The molecule has 18 heavy (non-hydrogen) atoms. The molecule has 1 aromatic heterocycles. The van der Waals surface area contributed by atoms with E-state index in [1.807, 2.05) is 10.9 Å². The van der Waals surface area contributed by atoms with Gasteiger partial charge < -0.3 is 0 Å². The monoisotopic (exact) mass is 262 g/mol. The lowest BCUT2D eigenvalue weighted by Gasteiger charge is -2.18. The third kappa shape index (κ3) is 2.59. The van der Waals surface area contributed by atoms with Crippen LogP contribution < -0.4 is 0 Å². The van der Waals surface area contributed by atoms with Crippen LogP contribution in [0.4, 0.5) is 0 Å². The molecule has 2 rings (SSSR count). The topological polar surface area (TPSA) is 17.8 Å². The summed E-state index contributed by atoms with van der Waals surface area (Å²) in [7, 11) is 0. The number of aromatic nitrogens is 2. The molecule has 0 unspecified atom stereocenters. The van der Waals surface area contributed by atoms with Crippen LogP contribution in [-0.2, 0) is 11.4 Å². The average Bonchev–Trinajstić information content (AvgIpc) is 2.73. The fourth-order valence-corrected chi connectivity index (χ4v) is 2.00. The minimum atomic E-state index is -0.0241. The van der Waals surface area contributed by atoms with E-state index in [4.69, 9.17) is 11.6 Å². The van der Waals surface area contributed by atoms with Crippen molar-refractivity contribution in [3.63, 3.8) is 0 Å². The lowest BCUT2D eigenvalue weighted by molar-refractivity contribution is 0.356. The van der Waals surface area contributed by atoms with E-state index in [0.717, 1.165) is 16.8 Å². The highest BCUT2D eigenvalue weighted by Crippen LogP contribution is 2.26. The molecule has 0 atom stereocenters. The maximum absolute atomic E-state index is 6.02. The standard InChI is InChI=1S/C15H19ClN2/c1-11-5-7-12(8-6-11)14-13(9-16)10-18(17-14)15(2,3)4/h5-8,10H,9H2,1-4H3. The number of hydrogen-bond donors (Lipinski definition) is 0. The first-order chi connectivity index (χ1) is 8.41. The number of aryl methyl sites for hydroxylation is 1. The number of hydrogen-bond acceptors (Lipinski definition) is 1. The molecule has 0 fully saturated rings. The van der Waals surface area contributed by atoms with E-state index in [9.17, 15) is 0 Å². The van der Waals surface area contributed by atoms with Gasteiger partial charge in [-0.3, -0.25) is 4.68 Å². The molecule has 0 aliphatic rings. The molecule has 96 valence electrons. The van der Waals surface area contributed by atoms with Crippen molar-refractivity contribution >= 4 is 11.6 Å². The molecule has 1 aromatic carbocycles. The number of halogens is 1. The van der Waals surface area contributed by atoms with Crippen LogP contribution in [0.5, 0.6) is 0 Å². The van der Waals surface area contributed by atoms with Crippen LogP contribution in [0.1, 0.15) is 31.9 Å². The normalized spacial score (nSPS) is 11.8. The quantitative estimate of drug-likeness (QED) is 0.736. The fraction of sp³-hybridized carbons (Fsp3) is 0.400. The maximum atomic E-state index is 6.02. The Morgan fingerprint density at radius 3 is 2.28 bits per heavy atom. The maximum Gasteiger partial charge on any atom is 0.0967 e. The van der Waals surface area contributed by atoms with E-state index in [-0.39, 0.29) is 5.54 Å². The van der Waals surface area contributed by atoms with Crippen molar-refractivity contribution in [3.8, 4) is 11.3 Å². The van der Waals surface area contributed by atoms with Crippen molar-refractivity contribution in [2.75, 3.05) is 0 Å². The molecule has 0 aliphatic carbocycles. The Morgan fingerprint density at radius 2 is 1.78 bits per heavy atom. The van der Waals surface area contributed by atoms with E-state index < -0.39 is 0 Å². The van der Waals surface area contributed by atoms with Crippen molar-refractivity contribution < 1.29 is 0 Å². The Bertz CT molecular complexity index is 533. The summed E-state index contributed by atoms with van der Waals surface area (Å²) in [6.07, 6.45) is 2.04. The van der Waals surface area contributed by atoms with Crippen LogP contribution in [0, 0.1) is 6.92 Å². The second-order valence-corrected chi connectivity index (χ2v) is 5.89. The van der Waals surface area contributed by atoms with Gasteiger partial charge in [-0.25, -0.2) is 0 Å². The average molecular weight is 263 g/mol. The minimum absolute atomic E-state index is 0.0241. The van der Waals surface area contributed by atoms with E-state index >= 15 is 0 Å². The molecule has 2 nitrogen and oxygen atoms in total. The van der Waals surface area contributed by atoms with Gasteiger partial charge in [-0.1, -0.05) is 29.8 Å². The van der Waals surface area contributed by atoms with Gasteiger partial charge in [0.2, 0.25) is 0 Å². The lowest BCUT2D eigenvalue weighted by Crippen LogP contribution is -2.22. The summed E-state index contributed by atoms with van der Waals surface area (Å²) in [6, 6.07) is 8.40. The third-order valence-corrected chi connectivity index (χ3v) is 3.23. The van der Waals surface area contributed by atoms with E-state index in [1.165, 1.54) is 5.56 Å². The third-order valence-electron chi connectivity index (χ3n) is 2.95. The summed E-state index contributed by atoms with van der Waals surface area (Å²) >= 11 is 6.02. The smallest absolute Gasteiger partial charge is 0.0967 e. The molecule has 1 heterocycles. The van der Waals surface area contributed by atoms with Gasteiger partial charge in [0.15, 0.2) is 0 Å². The highest BCUT2D eigenvalue weighted by molar-refractivity contribution is 6.17. The van der Waals surface area contributed by atoms with Crippen LogP contribution in [0.25, 0.3) is 11.3 Å². The van der Waals surface area contributed by atoms with Gasteiger partial charge in [0.25, 0.3) is 0 Å². The Balaban J connectivity index is 2.50. The van der Waals surface area contributed by atoms with Crippen molar-refractivity contribution in [1.29, 1.82) is 0 Å². The minimum Gasteiger partial charge on any atom is -0.267 e. The van der Waals surface area contributed by atoms with Gasteiger partial charge >= 0.3 is 0 Å². The van der Waals surface area contributed by atoms with Crippen molar-refractivity contribution in [3.05, 3.63) is 41.6 Å². The molecule has 0 saturated heterocycles.